The van der Waals surface area contributed by atoms with Crippen LogP contribution in [0.4, 0.5) is 11.6 Å². The van der Waals surface area contributed by atoms with Crippen LogP contribution in [0.5, 0.6) is 0 Å². The largest absolute Gasteiger partial charge is 0.382 e. The molecule has 0 bridgehead atoms. The van der Waals surface area contributed by atoms with E-state index in [2.05, 4.69) is 9.97 Å². The van der Waals surface area contributed by atoms with Crippen molar-refractivity contribution in [3.8, 4) is 0 Å². The Bertz CT molecular complexity index is 560. The number of nitrogens with two attached hydrogens (primary N) is 1. The molecule has 6 heteroatoms. The van der Waals surface area contributed by atoms with Crippen LogP contribution in [0.25, 0.3) is 0 Å². The first-order valence-electron chi connectivity index (χ1n) is 5.29. The highest BCUT2D eigenvalue weighted by atomic mass is 35.5. The average molecular weight is 283 g/mol. The van der Waals surface area contributed by atoms with E-state index in [9.17, 15) is 0 Å². The van der Waals surface area contributed by atoms with Crippen LogP contribution in [-0.4, -0.2) is 17.0 Å². The van der Waals surface area contributed by atoms with Gasteiger partial charge in [0.1, 0.15) is 17.2 Å². The van der Waals surface area contributed by atoms with Crippen LogP contribution >= 0.6 is 23.2 Å². The van der Waals surface area contributed by atoms with Crippen LogP contribution in [0.3, 0.4) is 0 Å². The maximum absolute atomic E-state index is 6.07. The van der Waals surface area contributed by atoms with Crippen molar-refractivity contribution in [3.63, 3.8) is 0 Å². The number of rotatable bonds is 3. The Balaban J connectivity index is 2.22. The minimum atomic E-state index is 0.277. The van der Waals surface area contributed by atoms with Crippen molar-refractivity contribution in [1.82, 2.24) is 9.97 Å². The summed E-state index contributed by atoms with van der Waals surface area (Å²) >= 11 is 12.0. The predicted octanol–water partition coefficient (Wildman–Crippen LogP) is 3.00. The summed E-state index contributed by atoms with van der Waals surface area (Å²) in [5.41, 5.74) is 6.71. The van der Waals surface area contributed by atoms with Crippen LogP contribution in [0.2, 0.25) is 10.0 Å². The van der Waals surface area contributed by atoms with Gasteiger partial charge in [0.05, 0.1) is 0 Å². The Kier molecular flexibility index (Phi) is 3.89. The highest BCUT2D eigenvalue weighted by molar-refractivity contribution is 6.35. The molecule has 0 aliphatic carbocycles. The fourth-order valence-electron chi connectivity index (χ4n) is 1.62. The zero-order chi connectivity index (χ0) is 13.1. The summed E-state index contributed by atoms with van der Waals surface area (Å²) in [6, 6.07) is 7.62. The third-order valence-electron chi connectivity index (χ3n) is 2.47. The first kappa shape index (κ1) is 12.9. The van der Waals surface area contributed by atoms with Crippen molar-refractivity contribution in [1.29, 1.82) is 0 Å². The zero-order valence-electron chi connectivity index (χ0n) is 9.77. The number of hydrogen-bond donors (Lipinski definition) is 1. The van der Waals surface area contributed by atoms with Gasteiger partial charge in [0.25, 0.3) is 0 Å². The van der Waals surface area contributed by atoms with E-state index in [0.717, 1.165) is 5.56 Å². The molecule has 4 nitrogen and oxygen atoms in total. The number of halogens is 2. The van der Waals surface area contributed by atoms with Gasteiger partial charge in [-0.05, 0) is 17.7 Å². The lowest BCUT2D eigenvalue weighted by Crippen LogP contribution is -2.18. The molecule has 0 amide bonds. The van der Waals surface area contributed by atoms with E-state index in [1.807, 2.05) is 36.2 Å². The van der Waals surface area contributed by atoms with Gasteiger partial charge in [0.2, 0.25) is 0 Å². The third-order valence-corrected chi connectivity index (χ3v) is 3.07. The number of anilines is 2. The van der Waals surface area contributed by atoms with Crippen molar-refractivity contribution < 1.29 is 0 Å². The number of nitrogens with zero attached hydrogens (tertiary/aromatic N) is 3. The smallest absolute Gasteiger partial charge is 0.153 e. The predicted molar refractivity (Wildman–Crippen MR) is 75.0 cm³/mol. The van der Waals surface area contributed by atoms with Gasteiger partial charge in [-0.25, -0.2) is 9.97 Å². The number of hydrogen-bond acceptors (Lipinski definition) is 4. The van der Waals surface area contributed by atoms with E-state index < -0.39 is 0 Å². The van der Waals surface area contributed by atoms with Gasteiger partial charge in [-0.3, -0.25) is 0 Å². The molecule has 2 aromatic rings. The summed E-state index contributed by atoms with van der Waals surface area (Å²) in [7, 11) is 1.88. The van der Waals surface area contributed by atoms with Gasteiger partial charge < -0.3 is 10.6 Å². The van der Waals surface area contributed by atoms with E-state index in [1.54, 1.807) is 0 Å². The molecule has 0 saturated heterocycles. The molecule has 18 heavy (non-hydrogen) atoms. The molecule has 1 aromatic carbocycles. The van der Waals surface area contributed by atoms with Crippen molar-refractivity contribution in [2.45, 2.75) is 6.54 Å². The summed E-state index contributed by atoms with van der Waals surface area (Å²) in [5.74, 6) is 0.878. The Morgan fingerprint density at radius 3 is 2.78 bits per heavy atom. The zero-order valence-corrected chi connectivity index (χ0v) is 11.3. The second-order valence-corrected chi connectivity index (χ2v) is 4.70. The quantitative estimate of drug-likeness (QED) is 0.940. The van der Waals surface area contributed by atoms with Gasteiger partial charge in [-0.2, -0.15) is 0 Å². The molecule has 1 aromatic heterocycles. The van der Waals surface area contributed by atoms with Crippen LogP contribution in [0, 0.1) is 0 Å². The van der Waals surface area contributed by atoms with Crippen molar-refractivity contribution in [2.24, 2.45) is 0 Å². The van der Waals surface area contributed by atoms with Gasteiger partial charge in [0.15, 0.2) is 5.82 Å². The lowest BCUT2D eigenvalue weighted by Gasteiger charge is -2.19. The SMILES string of the molecule is CN(Cc1cccc(Cl)c1)c1ncnc(N)c1Cl. The third kappa shape index (κ3) is 2.83. The van der Waals surface area contributed by atoms with Gasteiger partial charge in [-0.15, -0.1) is 0 Å². The topological polar surface area (TPSA) is 55.0 Å². The minimum Gasteiger partial charge on any atom is -0.382 e. The molecule has 0 aliphatic rings. The lowest BCUT2D eigenvalue weighted by atomic mass is 10.2. The number of nitrogen functional groups attached to an aromatic ring is 1. The van der Waals surface area contributed by atoms with E-state index >= 15 is 0 Å². The lowest BCUT2D eigenvalue weighted by molar-refractivity contribution is 0.892. The number of aromatic nitrogens is 2. The molecule has 94 valence electrons. The minimum absolute atomic E-state index is 0.277. The Morgan fingerprint density at radius 2 is 2.06 bits per heavy atom. The average Bonchev–Trinajstić information content (AvgIpc) is 2.32. The molecule has 0 fully saturated rings. The van der Waals surface area contributed by atoms with E-state index in [0.29, 0.717) is 22.4 Å². The van der Waals surface area contributed by atoms with E-state index in [1.165, 1.54) is 6.33 Å². The van der Waals surface area contributed by atoms with Gasteiger partial charge in [0, 0.05) is 18.6 Å². The molecular weight excluding hydrogens is 271 g/mol. The summed E-state index contributed by atoms with van der Waals surface area (Å²) in [6.45, 7) is 0.636. The Labute approximate surface area is 115 Å². The summed E-state index contributed by atoms with van der Waals surface area (Å²) in [6.07, 6.45) is 1.39. The fraction of sp³-hybridized carbons (Fsp3) is 0.167. The molecule has 2 rings (SSSR count). The second-order valence-electron chi connectivity index (χ2n) is 3.88. The number of benzene rings is 1. The van der Waals surface area contributed by atoms with Crippen molar-refractivity contribution in [2.75, 3.05) is 17.7 Å². The van der Waals surface area contributed by atoms with Crippen LogP contribution < -0.4 is 10.6 Å². The maximum atomic E-state index is 6.07. The van der Waals surface area contributed by atoms with Gasteiger partial charge in [-0.1, -0.05) is 35.3 Å². The molecule has 0 radical (unpaired) electrons. The first-order valence-corrected chi connectivity index (χ1v) is 6.05. The Hall–Kier alpha value is -1.52. The molecular formula is C12H12Cl2N4. The molecule has 0 atom stereocenters. The van der Waals surface area contributed by atoms with Crippen LogP contribution in [0.1, 0.15) is 5.56 Å². The summed E-state index contributed by atoms with van der Waals surface area (Å²) < 4.78 is 0. The van der Waals surface area contributed by atoms with Crippen molar-refractivity contribution in [3.05, 3.63) is 46.2 Å². The second kappa shape index (κ2) is 5.42. The normalized spacial score (nSPS) is 10.4. The molecule has 0 spiro atoms. The molecule has 1 heterocycles. The highest BCUT2D eigenvalue weighted by Gasteiger charge is 2.11. The standard InChI is InChI=1S/C12H12Cl2N4/c1-18(6-8-3-2-4-9(13)5-8)12-10(14)11(15)16-7-17-12/h2-5,7H,6H2,1H3,(H2,15,16,17). The maximum Gasteiger partial charge on any atom is 0.153 e. The first-order chi connectivity index (χ1) is 8.58. The molecule has 0 aliphatic heterocycles. The van der Waals surface area contributed by atoms with Crippen LogP contribution in [0.15, 0.2) is 30.6 Å². The van der Waals surface area contributed by atoms with Gasteiger partial charge >= 0.3 is 0 Å². The molecule has 2 N–H and O–H groups in total. The monoisotopic (exact) mass is 282 g/mol. The molecule has 0 saturated carbocycles. The van der Waals surface area contributed by atoms with E-state index in [4.69, 9.17) is 28.9 Å². The molecule has 0 unspecified atom stereocenters. The fourth-order valence-corrected chi connectivity index (χ4v) is 2.08. The highest BCUT2D eigenvalue weighted by Crippen LogP contribution is 2.27. The van der Waals surface area contributed by atoms with Crippen molar-refractivity contribution >= 4 is 34.8 Å². The summed E-state index contributed by atoms with van der Waals surface area (Å²) in [5, 5.41) is 1.07. The summed E-state index contributed by atoms with van der Waals surface area (Å²) in [4.78, 5) is 9.85. The Morgan fingerprint density at radius 1 is 1.28 bits per heavy atom. The van der Waals surface area contributed by atoms with E-state index in [-0.39, 0.29) is 5.82 Å². The van der Waals surface area contributed by atoms with Crippen LogP contribution in [-0.2, 0) is 6.54 Å².